The van der Waals surface area contributed by atoms with Crippen LogP contribution in [0, 0.1) is 5.92 Å². The third kappa shape index (κ3) is 2.19. The van der Waals surface area contributed by atoms with Crippen LogP contribution >= 0.6 is 11.3 Å². The van der Waals surface area contributed by atoms with Crippen LogP contribution in [0.25, 0.3) is 10.3 Å². The molecule has 2 aromatic rings. The zero-order chi connectivity index (χ0) is 13.4. The van der Waals surface area contributed by atoms with Gasteiger partial charge in [-0.1, -0.05) is 11.3 Å². The summed E-state index contributed by atoms with van der Waals surface area (Å²) in [4.78, 5) is 35.4. The quantitative estimate of drug-likeness (QED) is 0.839. The number of nitrogens with one attached hydrogen (secondary N) is 1. The lowest BCUT2D eigenvalue weighted by Crippen LogP contribution is -2.38. The van der Waals surface area contributed by atoms with E-state index in [1.54, 1.807) is 0 Å². The lowest BCUT2D eigenvalue weighted by molar-refractivity contribution is -0.141. The van der Waals surface area contributed by atoms with Gasteiger partial charge in [-0.2, -0.15) is 4.98 Å². The molecule has 1 fully saturated rings. The number of rotatable bonds is 2. The van der Waals surface area contributed by atoms with Crippen molar-refractivity contribution in [1.82, 2.24) is 15.0 Å². The second-order valence-electron chi connectivity index (χ2n) is 4.50. The van der Waals surface area contributed by atoms with Crippen LogP contribution < -0.4 is 10.5 Å². The number of piperidine rings is 1. The van der Waals surface area contributed by atoms with Crippen molar-refractivity contribution in [3.8, 4) is 0 Å². The second kappa shape index (κ2) is 4.61. The van der Waals surface area contributed by atoms with E-state index in [9.17, 15) is 9.59 Å². The monoisotopic (exact) mass is 280 g/mol. The van der Waals surface area contributed by atoms with Crippen LogP contribution in [0.3, 0.4) is 0 Å². The van der Waals surface area contributed by atoms with E-state index >= 15 is 0 Å². The van der Waals surface area contributed by atoms with Gasteiger partial charge in [0.2, 0.25) is 0 Å². The fourth-order valence-corrected chi connectivity index (χ4v) is 3.19. The SMILES string of the molecule is O=C(O)C1CCCN(c2nc3nc[nH]c(=O)c3s2)C1. The Kier molecular flexibility index (Phi) is 2.94. The van der Waals surface area contributed by atoms with Gasteiger partial charge in [-0.05, 0) is 12.8 Å². The number of fused-ring (bicyclic) bond motifs is 1. The number of H-pyrrole nitrogens is 1. The minimum absolute atomic E-state index is 0.208. The van der Waals surface area contributed by atoms with Gasteiger partial charge in [-0.3, -0.25) is 9.59 Å². The molecule has 0 saturated carbocycles. The molecule has 0 radical (unpaired) electrons. The molecular formula is C11H12N4O3S. The number of aromatic nitrogens is 3. The van der Waals surface area contributed by atoms with Gasteiger partial charge >= 0.3 is 5.97 Å². The van der Waals surface area contributed by atoms with Crippen molar-refractivity contribution in [3.05, 3.63) is 16.7 Å². The third-order valence-corrected chi connectivity index (χ3v) is 4.33. The molecule has 0 spiro atoms. The molecule has 1 unspecified atom stereocenters. The molecule has 3 rings (SSSR count). The van der Waals surface area contributed by atoms with Crippen LogP contribution in [0.5, 0.6) is 0 Å². The molecule has 1 saturated heterocycles. The van der Waals surface area contributed by atoms with Crippen molar-refractivity contribution in [2.24, 2.45) is 5.92 Å². The molecule has 3 heterocycles. The lowest BCUT2D eigenvalue weighted by Gasteiger charge is -2.30. The van der Waals surface area contributed by atoms with Gasteiger partial charge in [0.15, 0.2) is 10.8 Å². The first-order chi connectivity index (χ1) is 9.15. The van der Waals surface area contributed by atoms with Gasteiger partial charge in [0, 0.05) is 13.1 Å². The maximum Gasteiger partial charge on any atom is 0.308 e. The number of carboxylic acids is 1. The van der Waals surface area contributed by atoms with E-state index < -0.39 is 5.97 Å². The highest BCUT2D eigenvalue weighted by atomic mass is 32.1. The van der Waals surface area contributed by atoms with E-state index in [2.05, 4.69) is 15.0 Å². The molecule has 100 valence electrons. The highest BCUT2D eigenvalue weighted by Crippen LogP contribution is 2.29. The van der Waals surface area contributed by atoms with E-state index in [-0.39, 0.29) is 11.5 Å². The summed E-state index contributed by atoms with van der Waals surface area (Å²) in [6, 6.07) is 0. The Morgan fingerprint density at radius 2 is 2.42 bits per heavy atom. The molecule has 0 amide bonds. The minimum Gasteiger partial charge on any atom is -0.481 e. The summed E-state index contributed by atoms with van der Waals surface area (Å²) in [6.07, 6.45) is 2.83. The molecule has 0 bridgehead atoms. The summed E-state index contributed by atoms with van der Waals surface area (Å²) in [5.41, 5.74) is 0.210. The van der Waals surface area contributed by atoms with E-state index in [0.29, 0.717) is 28.4 Å². The molecule has 1 aliphatic heterocycles. The fourth-order valence-electron chi connectivity index (χ4n) is 2.24. The molecule has 1 atom stereocenters. The van der Waals surface area contributed by atoms with E-state index in [0.717, 1.165) is 13.0 Å². The maximum absolute atomic E-state index is 11.6. The Bertz CT molecular complexity index is 680. The summed E-state index contributed by atoms with van der Waals surface area (Å²) < 4.78 is 0.481. The first kappa shape index (κ1) is 12.1. The number of aromatic amines is 1. The Hall–Kier alpha value is -1.96. The Morgan fingerprint density at radius 1 is 1.58 bits per heavy atom. The number of nitrogens with zero attached hydrogens (tertiary/aromatic N) is 3. The van der Waals surface area contributed by atoms with Crippen LogP contribution in [-0.4, -0.2) is 39.1 Å². The van der Waals surface area contributed by atoms with Gasteiger partial charge < -0.3 is 15.0 Å². The maximum atomic E-state index is 11.6. The van der Waals surface area contributed by atoms with Crippen LogP contribution in [0.2, 0.25) is 0 Å². The first-order valence-electron chi connectivity index (χ1n) is 5.97. The summed E-state index contributed by atoms with van der Waals surface area (Å²) in [5, 5.41) is 9.75. The topological polar surface area (TPSA) is 99.2 Å². The molecule has 7 nitrogen and oxygen atoms in total. The number of carbonyl (C=O) groups is 1. The minimum atomic E-state index is -0.776. The number of thiazole rings is 1. The van der Waals surface area contributed by atoms with Gasteiger partial charge in [-0.15, -0.1) is 0 Å². The second-order valence-corrected chi connectivity index (χ2v) is 5.48. The summed E-state index contributed by atoms with van der Waals surface area (Å²) in [6.45, 7) is 1.20. The van der Waals surface area contributed by atoms with E-state index in [1.165, 1.54) is 17.7 Å². The average molecular weight is 280 g/mol. The van der Waals surface area contributed by atoms with Gasteiger partial charge in [0.1, 0.15) is 4.70 Å². The highest BCUT2D eigenvalue weighted by Gasteiger charge is 2.27. The molecule has 0 aromatic carbocycles. The number of carboxylic acid groups (broad SMARTS) is 1. The van der Waals surface area contributed by atoms with Crippen LogP contribution in [-0.2, 0) is 4.79 Å². The van der Waals surface area contributed by atoms with Crippen molar-refractivity contribution in [2.75, 3.05) is 18.0 Å². The summed E-state index contributed by atoms with van der Waals surface area (Å²) >= 11 is 1.26. The smallest absolute Gasteiger partial charge is 0.308 e. The van der Waals surface area contributed by atoms with Crippen molar-refractivity contribution in [3.63, 3.8) is 0 Å². The fraction of sp³-hybridized carbons (Fsp3) is 0.455. The number of hydrogen-bond donors (Lipinski definition) is 2. The van der Waals surface area contributed by atoms with Crippen molar-refractivity contribution in [2.45, 2.75) is 12.8 Å². The average Bonchev–Trinajstić information content (AvgIpc) is 2.84. The molecule has 0 aliphatic carbocycles. The molecule has 19 heavy (non-hydrogen) atoms. The first-order valence-corrected chi connectivity index (χ1v) is 6.79. The third-order valence-electron chi connectivity index (χ3n) is 3.23. The predicted octanol–water partition coefficient (Wildman–Crippen LogP) is 0.681. The lowest BCUT2D eigenvalue weighted by atomic mass is 9.99. The normalized spacial score (nSPS) is 19.8. The van der Waals surface area contributed by atoms with Crippen molar-refractivity contribution < 1.29 is 9.90 Å². The van der Waals surface area contributed by atoms with Gasteiger partial charge in [0.05, 0.1) is 12.2 Å². The molecular weight excluding hydrogens is 268 g/mol. The summed E-state index contributed by atoms with van der Waals surface area (Å²) in [5.74, 6) is -1.14. The summed E-state index contributed by atoms with van der Waals surface area (Å²) in [7, 11) is 0. The van der Waals surface area contributed by atoms with Crippen LogP contribution in [0.1, 0.15) is 12.8 Å². The zero-order valence-electron chi connectivity index (χ0n) is 10.00. The van der Waals surface area contributed by atoms with Gasteiger partial charge in [-0.25, -0.2) is 4.98 Å². The van der Waals surface area contributed by atoms with Crippen LogP contribution in [0.4, 0.5) is 5.13 Å². The van der Waals surface area contributed by atoms with Gasteiger partial charge in [0.25, 0.3) is 5.56 Å². The number of aliphatic carboxylic acids is 1. The standard InChI is InChI=1S/C11H12N4O3S/c16-9-7-8(12-5-13-9)14-11(19-7)15-3-1-2-6(4-15)10(17)18/h5-6H,1-4H2,(H,17,18)(H,12,13,16). The highest BCUT2D eigenvalue weighted by molar-refractivity contribution is 7.22. The molecule has 1 aliphatic rings. The predicted molar refractivity (Wildman–Crippen MR) is 70.6 cm³/mol. The Morgan fingerprint density at radius 3 is 3.16 bits per heavy atom. The largest absolute Gasteiger partial charge is 0.481 e. The molecule has 8 heteroatoms. The van der Waals surface area contributed by atoms with E-state index in [1.807, 2.05) is 4.90 Å². The molecule has 2 aromatic heterocycles. The van der Waals surface area contributed by atoms with Crippen molar-refractivity contribution in [1.29, 1.82) is 0 Å². The Balaban J connectivity index is 1.93. The number of anilines is 1. The number of hydrogen-bond acceptors (Lipinski definition) is 6. The van der Waals surface area contributed by atoms with E-state index in [4.69, 9.17) is 5.11 Å². The molecule has 2 N–H and O–H groups in total. The van der Waals surface area contributed by atoms with Crippen molar-refractivity contribution >= 4 is 32.8 Å². The van der Waals surface area contributed by atoms with Crippen LogP contribution in [0.15, 0.2) is 11.1 Å². The zero-order valence-corrected chi connectivity index (χ0v) is 10.8. The Labute approximate surface area is 111 Å².